The molecule has 18 heteroatoms. The van der Waals surface area contributed by atoms with Crippen LogP contribution in [0.1, 0.15) is 20.8 Å². The first-order valence-electron chi connectivity index (χ1n) is 12.6. The van der Waals surface area contributed by atoms with Gasteiger partial charge in [-0.3, -0.25) is 14.4 Å². The number of carbonyl (C=O) groups excluding carboxylic acids is 2. The Morgan fingerprint density at radius 2 is 1.40 bits per heavy atom. The van der Waals surface area contributed by atoms with E-state index in [1.807, 2.05) is 0 Å². The van der Waals surface area contributed by atoms with Gasteiger partial charge in [0.2, 0.25) is 11.8 Å². The molecule has 18 nitrogen and oxygen atoms in total. The molecule has 3 heterocycles. The van der Waals surface area contributed by atoms with Gasteiger partial charge in [-0.25, -0.2) is 5.90 Å². The van der Waals surface area contributed by atoms with Gasteiger partial charge >= 0.3 is 0 Å². The van der Waals surface area contributed by atoms with Gasteiger partial charge in [0, 0.05) is 13.8 Å². The van der Waals surface area contributed by atoms with Crippen molar-refractivity contribution in [2.24, 2.45) is 5.90 Å². The number of aliphatic hydroxyl groups is 7. The summed E-state index contributed by atoms with van der Waals surface area (Å²) >= 11 is 0. The predicted molar refractivity (Wildman–Crippen MR) is 126 cm³/mol. The molecule has 3 saturated heterocycles. The zero-order valence-corrected chi connectivity index (χ0v) is 22.0. The van der Waals surface area contributed by atoms with Crippen LogP contribution in [0.4, 0.5) is 0 Å². The smallest absolute Gasteiger partial charge is 0.217 e. The van der Waals surface area contributed by atoms with Crippen LogP contribution in [0.3, 0.4) is 0 Å². The molecule has 11 N–H and O–H groups in total. The number of hydrogen-bond donors (Lipinski definition) is 10. The van der Waals surface area contributed by atoms with E-state index in [1.54, 1.807) is 0 Å². The highest BCUT2D eigenvalue weighted by atomic mass is 16.7. The van der Waals surface area contributed by atoms with Gasteiger partial charge in [-0.05, 0) is 6.92 Å². The molecule has 232 valence electrons. The number of nitrogens with one attached hydrogen (secondary N) is 2. The molecule has 40 heavy (non-hydrogen) atoms. The molecule has 0 radical (unpaired) electrons. The molecule has 2 amide bonds. The summed E-state index contributed by atoms with van der Waals surface area (Å²) in [6, 6.07) is -2.80. The second-order valence-electron chi connectivity index (χ2n) is 9.94. The van der Waals surface area contributed by atoms with E-state index in [1.165, 1.54) is 6.92 Å². The third kappa shape index (κ3) is 7.23. The van der Waals surface area contributed by atoms with Crippen LogP contribution in [0.25, 0.3) is 0 Å². The zero-order valence-electron chi connectivity index (χ0n) is 22.0. The van der Waals surface area contributed by atoms with Gasteiger partial charge < -0.3 is 70.1 Å². The van der Waals surface area contributed by atoms with E-state index in [2.05, 4.69) is 15.5 Å². The van der Waals surface area contributed by atoms with Crippen molar-refractivity contribution in [1.29, 1.82) is 0 Å². The summed E-state index contributed by atoms with van der Waals surface area (Å²) in [5.74, 6) is 3.90. The SMILES string of the molecule is CC(=O)N[C@@H]1[C@@H](O)[C@H](O[C@@H]2O[C@H](CO)[C@@H](O)[C@H](O)[C@H]2NC(C)=O)[C@@H](CO[C@@H]2O[C@@H](C)[C@@H](ON)[C@@H](O)[C@@H]2O)O[C@H]1O. The third-order valence-electron chi connectivity index (χ3n) is 6.96. The fraction of sp³-hybridized carbons (Fsp3) is 0.909. The first-order valence-corrected chi connectivity index (χ1v) is 12.6. The maximum Gasteiger partial charge on any atom is 0.217 e. The summed E-state index contributed by atoms with van der Waals surface area (Å²) in [5, 5.41) is 77.4. The van der Waals surface area contributed by atoms with Gasteiger partial charge in [0.1, 0.15) is 67.0 Å². The van der Waals surface area contributed by atoms with Crippen molar-refractivity contribution in [3.63, 3.8) is 0 Å². The molecule has 0 aromatic rings. The van der Waals surface area contributed by atoms with Crippen LogP contribution in [-0.4, -0.2) is 153 Å². The van der Waals surface area contributed by atoms with Gasteiger partial charge in [0.15, 0.2) is 18.9 Å². The molecule has 0 saturated carbocycles. The first-order chi connectivity index (χ1) is 18.8. The van der Waals surface area contributed by atoms with E-state index in [0.29, 0.717) is 0 Å². The number of amides is 2. The molecule has 0 aromatic carbocycles. The molecule has 15 atom stereocenters. The van der Waals surface area contributed by atoms with Crippen molar-refractivity contribution >= 4 is 11.8 Å². The van der Waals surface area contributed by atoms with Crippen LogP contribution in [0.2, 0.25) is 0 Å². The summed E-state index contributed by atoms with van der Waals surface area (Å²) in [4.78, 5) is 28.1. The molecule has 0 bridgehead atoms. The van der Waals surface area contributed by atoms with E-state index < -0.39 is 117 Å². The Bertz CT molecular complexity index is 856. The van der Waals surface area contributed by atoms with Crippen LogP contribution in [-0.2, 0) is 38.1 Å². The normalized spacial score (nSPS) is 46.0. The minimum absolute atomic E-state index is 0.535. The van der Waals surface area contributed by atoms with E-state index in [0.717, 1.165) is 13.8 Å². The summed E-state index contributed by atoms with van der Waals surface area (Å²) in [6.45, 7) is 2.51. The first kappa shape index (κ1) is 32.9. The Kier molecular flexibility index (Phi) is 11.5. The lowest BCUT2D eigenvalue weighted by Crippen LogP contribution is -2.69. The van der Waals surface area contributed by atoms with Crippen LogP contribution >= 0.6 is 0 Å². The van der Waals surface area contributed by atoms with Crippen molar-refractivity contribution in [3.05, 3.63) is 0 Å². The van der Waals surface area contributed by atoms with Gasteiger partial charge in [-0.1, -0.05) is 0 Å². The Morgan fingerprint density at radius 1 is 0.775 bits per heavy atom. The third-order valence-corrected chi connectivity index (χ3v) is 6.96. The molecular formula is C22H39N3O15. The molecule has 0 unspecified atom stereocenters. The average Bonchev–Trinajstić information content (AvgIpc) is 2.89. The molecule has 3 aliphatic heterocycles. The molecule has 3 fully saturated rings. The molecule has 3 aliphatic rings. The average molecular weight is 586 g/mol. The lowest BCUT2D eigenvalue weighted by molar-refractivity contribution is -0.341. The number of aliphatic hydroxyl groups excluding tert-OH is 7. The molecular weight excluding hydrogens is 546 g/mol. The summed E-state index contributed by atoms with van der Waals surface area (Å²) < 4.78 is 28.1. The van der Waals surface area contributed by atoms with Crippen LogP contribution < -0.4 is 16.5 Å². The second kappa shape index (κ2) is 14.0. The highest BCUT2D eigenvalue weighted by Crippen LogP contribution is 2.30. The summed E-state index contributed by atoms with van der Waals surface area (Å²) in [5.41, 5.74) is 0. The minimum atomic E-state index is -1.76. The van der Waals surface area contributed by atoms with Crippen LogP contribution in [0, 0.1) is 0 Å². The fourth-order valence-electron chi connectivity index (χ4n) is 4.89. The Hall–Kier alpha value is -1.62. The fourth-order valence-corrected chi connectivity index (χ4v) is 4.89. The number of ether oxygens (including phenoxy) is 5. The zero-order chi connectivity index (χ0) is 29.9. The van der Waals surface area contributed by atoms with Crippen molar-refractivity contribution in [2.45, 2.75) is 113 Å². The highest BCUT2D eigenvalue weighted by molar-refractivity contribution is 5.73. The monoisotopic (exact) mass is 585 g/mol. The minimum Gasteiger partial charge on any atom is -0.394 e. The van der Waals surface area contributed by atoms with E-state index in [9.17, 15) is 45.3 Å². The molecule has 0 aliphatic carbocycles. The lowest BCUT2D eigenvalue weighted by Gasteiger charge is -2.48. The van der Waals surface area contributed by atoms with Gasteiger partial charge in [0.25, 0.3) is 0 Å². The van der Waals surface area contributed by atoms with Gasteiger partial charge in [0.05, 0.1) is 19.3 Å². The molecule has 0 aromatic heterocycles. The number of nitrogens with two attached hydrogens (primary N) is 1. The summed E-state index contributed by atoms with van der Waals surface area (Å²) in [7, 11) is 0. The second-order valence-corrected chi connectivity index (χ2v) is 9.94. The van der Waals surface area contributed by atoms with E-state index in [-0.39, 0.29) is 0 Å². The maximum absolute atomic E-state index is 11.8. The van der Waals surface area contributed by atoms with Crippen LogP contribution in [0.15, 0.2) is 0 Å². The van der Waals surface area contributed by atoms with Crippen molar-refractivity contribution in [1.82, 2.24) is 10.6 Å². The lowest BCUT2D eigenvalue weighted by atomic mass is 9.94. The van der Waals surface area contributed by atoms with Crippen molar-refractivity contribution < 1.29 is 73.9 Å². The maximum atomic E-state index is 11.8. The number of hydrogen-bond acceptors (Lipinski definition) is 16. The Labute approximate surface area is 228 Å². The predicted octanol–water partition coefficient (Wildman–Crippen LogP) is -6.36. The van der Waals surface area contributed by atoms with Gasteiger partial charge in [-0.15, -0.1) is 0 Å². The Morgan fingerprint density at radius 3 is 1.98 bits per heavy atom. The topological polar surface area (TPSA) is 281 Å². The van der Waals surface area contributed by atoms with Crippen molar-refractivity contribution in [2.75, 3.05) is 13.2 Å². The number of carbonyl (C=O) groups is 2. The van der Waals surface area contributed by atoms with Crippen molar-refractivity contribution in [3.8, 4) is 0 Å². The largest absolute Gasteiger partial charge is 0.394 e. The Balaban J connectivity index is 1.84. The van der Waals surface area contributed by atoms with Crippen LogP contribution in [0.5, 0.6) is 0 Å². The van der Waals surface area contributed by atoms with E-state index >= 15 is 0 Å². The highest BCUT2D eigenvalue weighted by Gasteiger charge is 2.52. The van der Waals surface area contributed by atoms with Gasteiger partial charge in [-0.2, -0.15) is 0 Å². The summed E-state index contributed by atoms with van der Waals surface area (Å²) in [6.07, 6.45) is -19.0. The molecule has 3 rings (SSSR count). The molecule has 0 spiro atoms. The quantitative estimate of drug-likeness (QED) is 0.113. The van der Waals surface area contributed by atoms with E-state index in [4.69, 9.17) is 29.6 Å². The number of rotatable bonds is 9. The standard InChI is InChI=1S/C22H39N3O15/c1-6-18(40-23)16(32)17(33)22(36-6)35-5-10-19(15(31)11(20(34)37-10)24-7(2)27)39-21-12(25-8(3)28)14(30)13(29)9(4-26)38-21/h6,9-22,26,29-34H,4-5,23H2,1-3H3,(H,24,27)(H,25,28)/t6-,9+,10+,11+,12+,13+,14+,15+,16-,17-,18+,19+,20+,21-,22+/m0/s1.